The third kappa shape index (κ3) is 5.09. The lowest BCUT2D eigenvalue weighted by Crippen LogP contribution is -2.14. The van der Waals surface area contributed by atoms with E-state index in [0.717, 1.165) is 17.5 Å². The normalized spacial score (nSPS) is 22.8. The summed E-state index contributed by atoms with van der Waals surface area (Å²) in [5.41, 5.74) is 6.99. The van der Waals surface area contributed by atoms with Crippen molar-refractivity contribution in [2.45, 2.75) is 42.3 Å². The Balaban J connectivity index is 1.62. The molecule has 2 nitrogen and oxygen atoms in total. The first-order valence-electron chi connectivity index (χ1n) is 13.0. The SMILES string of the molecule is C=CC(O)c1ccc(C2CC(c3ccc(C(O)C=C)cc3)C(c3ccccc3)C2c2ccccc2)cc1. The van der Waals surface area contributed by atoms with Gasteiger partial charge in [0.1, 0.15) is 0 Å². The highest BCUT2D eigenvalue weighted by Gasteiger charge is 2.45. The molecule has 1 saturated carbocycles. The van der Waals surface area contributed by atoms with Crippen molar-refractivity contribution in [1.29, 1.82) is 0 Å². The van der Waals surface area contributed by atoms with Crippen molar-refractivity contribution in [3.05, 3.63) is 168 Å². The maximum atomic E-state index is 10.2. The van der Waals surface area contributed by atoms with Crippen LogP contribution in [0.1, 0.15) is 75.7 Å². The molecule has 1 aliphatic rings. The van der Waals surface area contributed by atoms with Gasteiger partial charge in [-0.1, -0.05) is 121 Å². The van der Waals surface area contributed by atoms with Crippen molar-refractivity contribution in [2.75, 3.05) is 0 Å². The van der Waals surface area contributed by atoms with Crippen molar-refractivity contribution in [3.63, 3.8) is 0 Å². The Morgan fingerprint density at radius 3 is 1.19 bits per heavy atom. The van der Waals surface area contributed by atoms with Gasteiger partial charge in [-0.25, -0.2) is 0 Å². The number of rotatable bonds is 8. The highest BCUT2D eigenvalue weighted by atomic mass is 16.3. The van der Waals surface area contributed by atoms with Gasteiger partial charge in [-0.15, -0.1) is 13.2 Å². The molecule has 0 saturated heterocycles. The van der Waals surface area contributed by atoms with Crippen LogP contribution in [0, 0.1) is 0 Å². The predicted molar refractivity (Wildman–Crippen MR) is 152 cm³/mol. The van der Waals surface area contributed by atoms with Crippen molar-refractivity contribution in [2.24, 2.45) is 0 Å². The monoisotopic (exact) mass is 486 g/mol. The fourth-order valence-electron chi connectivity index (χ4n) is 6.14. The molecular formula is C35H34O2. The summed E-state index contributed by atoms with van der Waals surface area (Å²) in [4.78, 5) is 0. The molecule has 2 N–H and O–H groups in total. The van der Waals surface area contributed by atoms with Crippen LogP contribution in [0.2, 0.25) is 0 Å². The van der Waals surface area contributed by atoms with Crippen molar-refractivity contribution >= 4 is 0 Å². The van der Waals surface area contributed by atoms with Crippen LogP contribution in [0.15, 0.2) is 135 Å². The lowest BCUT2D eigenvalue weighted by atomic mass is 9.75. The van der Waals surface area contributed by atoms with Crippen molar-refractivity contribution in [1.82, 2.24) is 0 Å². The minimum Gasteiger partial charge on any atom is -0.384 e. The van der Waals surface area contributed by atoms with Crippen molar-refractivity contribution < 1.29 is 10.2 Å². The molecule has 0 spiro atoms. The van der Waals surface area contributed by atoms with Gasteiger partial charge in [0.2, 0.25) is 0 Å². The summed E-state index contributed by atoms with van der Waals surface area (Å²) in [5.74, 6) is 1.21. The van der Waals surface area contributed by atoms with Crippen LogP contribution >= 0.6 is 0 Å². The smallest absolute Gasteiger partial charge is 0.0969 e. The topological polar surface area (TPSA) is 40.5 Å². The second kappa shape index (κ2) is 11.1. The van der Waals surface area contributed by atoms with Gasteiger partial charge in [-0.3, -0.25) is 0 Å². The van der Waals surface area contributed by atoms with Gasteiger partial charge in [0.05, 0.1) is 12.2 Å². The second-order valence-corrected chi connectivity index (χ2v) is 10.0. The molecule has 4 aromatic rings. The van der Waals surface area contributed by atoms with Crippen molar-refractivity contribution in [3.8, 4) is 0 Å². The van der Waals surface area contributed by atoms with Crippen LogP contribution in [0.3, 0.4) is 0 Å². The lowest BCUT2D eigenvalue weighted by molar-refractivity contribution is 0.229. The lowest BCUT2D eigenvalue weighted by Gasteiger charge is -2.29. The average Bonchev–Trinajstić information content (AvgIpc) is 3.38. The van der Waals surface area contributed by atoms with E-state index in [2.05, 4.69) is 98.1 Å². The maximum absolute atomic E-state index is 10.2. The molecule has 1 fully saturated rings. The molecule has 0 bridgehead atoms. The Kier molecular flexibility index (Phi) is 7.50. The summed E-state index contributed by atoms with van der Waals surface area (Å²) in [7, 11) is 0. The van der Waals surface area contributed by atoms with Crippen LogP contribution in [0.4, 0.5) is 0 Å². The van der Waals surface area contributed by atoms with E-state index in [4.69, 9.17) is 0 Å². The number of hydrogen-bond donors (Lipinski definition) is 2. The minimum atomic E-state index is -0.656. The van der Waals surface area contributed by atoms with E-state index in [1.54, 1.807) is 12.2 Å². The van der Waals surface area contributed by atoms with Crippen LogP contribution in [0.25, 0.3) is 0 Å². The Bertz CT molecular complexity index is 1200. The third-order valence-electron chi connectivity index (χ3n) is 7.99. The molecule has 5 rings (SSSR count). The Hall–Kier alpha value is -3.72. The standard InChI is InChI=1S/C35H34O2/c1-3-32(36)26-19-15-24(16-20-26)30-23-31(25-17-21-27(22-18-25)33(37)4-2)35(29-13-9-6-10-14-29)34(30)28-11-7-5-8-12-28/h3-22,30-37H,1-2,23H2. The quantitative estimate of drug-likeness (QED) is 0.248. The first kappa shape index (κ1) is 25.0. The number of hydrogen-bond acceptors (Lipinski definition) is 2. The molecule has 6 unspecified atom stereocenters. The molecule has 0 heterocycles. The van der Waals surface area contributed by atoms with Gasteiger partial charge in [-0.2, -0.15) is 0 Å². The third-order valence-corrected chi connectivity index (χ3v) is 7.99. The zero-order valence-electron chi connectivity index (χ0n) is 21.0. The average molecular weight is 487 g/mol. The molecule has 6 atom stereocenters. The largest absolute Gasteiger partial charge is 0.384 e. The molecule has 186 valence electrons. The molecular weight excluding hydrogens is 452 g/mol. The van der Waals surface area contributed by atoms with Gasteiger partial charge < -0.3 is 10.2 Å². The molecule has 37 heavy (non-hydrogen) atoms. The molecule has 4 aromatic carbocycles. The van der Waals surface area contributed by atoms with Gasteiger partial charge in [0.15, 0.2) is 0 Å². The Morgan fingerprint density at radius 1 is 0.514 bits per heavy atom. The van der Waals surface area contributed by atoms with E-state index in [9.17, 15) is 10.2 Å². The minimum absolute atomic E-state index is 0.294. The van der Waals surface area contributed by atoms with E-state index in [0.29, 0.717) is 23.7 Å². The Morgan fingerprint density at radius 2 is 0.865 bits per heavy atom. The van der Waals surface area contributed by atoms with E-state index in [1.807, 2.05) is 24.3 Å². The molecule has 1 aliphatic carbocycles. The second-order valence-electron chi connectivity index (χ2n) is 10.0. The van der Waals surface area contributed by atoms with Gasteiger partial charge in [-0.05, 0) is 63.5 Å². The summed E-state index contributed by atoms with van der Waals surface area (Å²) in [6, 6.07) is 38.6. The molecule has 0 aromatic heterocycles. The van der Waals surface area contributed by atoms with Crippen LogP contribution in [-0.2, 0) is 0 Å². The van der Waals surface area contributed by atoms with E-state index in [-0.39, 0.29) is 0 Å². The summed E-state index contributed by atoms with van der Waals surface area (Å²) in [6.07, 6.45) is 2.82. The predicted octanol–water partition coefficient (Wildman–Crippen LogP) is 7.96. The van der Waals surface area contributed by atoms with E-state index >= 15 is 0 Å². The summed E-state index contributed by atoms with van der Waals surface area (Å²) < 4.78 is 0. The zero-order chi connectivity index (χ0) is 25.8. The molecule has 2 heteroatoms. The first-order valence-corrected chi connectivity index (χ1v) is 13.0. The fourth-order valence-corrected chi connectivity index (χ4v) is 6.14. The number of aliphatic hydroxyl groups is 2. The van der Waals surface area contributed by atoms with Crippen LogP contribution < -0.4 is 0 Å². The van der Waals surface area contributed by atoms with Gasteiger partial charge >= 0.3 is 0 Å². The summed E-state index contributed by atoms with van der Waals surface area (Å²) >= 11 is 0. The van der Waals surface area contributed by atoms with E-state index < -0.39 is 12.2 Å². The maximum Gasteiger partial charge on any atom is 0.0969 e. The summed E-state index contributed by atoms with van der Waals surface area (Å²) in [5, 5.41) is 20.5. The highest BCUT2D eigenvalue weighted by molar-refractivity contribution is 5.43. The molecule has 0 amide bonds. The van der Waals surface area contributed by atoms with Gasteiger partial charge in [0.25, 0.3) is 0 Å². The van der Waals surface area contributed by atoms with Crippen LogP contribution in [0.5, 0.6) is 0 Å². The number of aliphatic hydroxyl groups excluding tert-OH is 2. The first-order chi connectivity index (χ1) is 18.1. The van der Waals surface area contributed by atoms with E-state index in [1.165, 1.54) is 22.3 Å². The molecule has 0 radical (unpaired) electrons. The Labute approximate surface area is 220 Å². The zero-order valence-corrected chi connectivity index (χ0v) is 21.0. The fraction of sp³-hybridized carbons (Fsp3) is 0.200. The molecule has 0 aliphatic heterocycles. The summed E-state index contributed by atoms with van der Waals surface area (Å²) in [6.45, 7) is 7.45. The highest BCUT2D eigenvalue weighted by Crippen LogP contribution is 2.60. The van der Waals surface area contributed by atoms with Gasteiger partial charge in [0, 0.05) is 0 Å². The van der Waals surface area contributed by atoms with Crippen LogP contribution in [-0.4, -0.2) is 10.2 Å². The number of benzene rings is 4.